The number of aliphatic hydroxyl groups excluding tert-OH is 1. The largest absolute Gasteiger partial charge is 0.493 e. The van der Waals surface area contributed by atoms with Crippen molar-refractivity contribution in [3.8, 4) is 22.9 Å². The first-order valence-corrected chi connectivity index (χ1v) is 10.2. The average molecular weight is 482 g/mol. The minimum Gasteiger partial charge on any atom is -0.493 e. The first-order chi connectivity index (χ1) is 14.9. The topological polar surface area (TPSA) is 110 Å². The van der Waals surface area contributed by atoms with Crippen molar-refractivity contribution in [3.63, 3.8) is 0 Å². The number of H-pyrrole nitrogens is 1. The Morgan fingerprint density at radius 3 is 2.45 bits per heavy atom. The molecule has 1 heterocycles. The van der Waals surface area contributed by atoms with Gasteiger partial charge in [0.15, 0.2) is 11.5 Å². The van der Waals surface area contributed by atoms with Crippen LogP contribution < -0.4 is 15.2 Å². The summed E-state index contributed by atoms with van der Waals surface area (Å²) >= 11 is 3.46. The van der Waals surface area contributed by atoms with Crippen LogP contribution in [0.4, 0.5) is 0 Å². The van der Waals surface area contributed by atoms with Crippen molar-refractivity contribution in [1.29, 1.82) is 0 Å². The Balaban J connectivity index is 1.63. The van der Waals surface area contributed by atoms with Crippen molar-refractivity contribution >= 4 is 32.9 Å². The van der Waals surface area contributed by atoms with Gasteiger partial charge in [-0.1, -0.05) is 24.3 Å². The summed E-state index contributed by atoms with van der Waals surface area (Å²) < 4.78 is 11.4. The Kier molecular flexibility index (Phi) is 5.67. The Morgan fingerprint density at radius 2 is 1.81 bits per heavy atom. The lowest BCUT2D eigenvalue weighted by Gasteiger charge is -2.16. The number of carbonyl (C=O) groups is 1. The molecule has 0 radical (unpaired) electrons. The lowest BCUT2D eigenvalue weighted by Crippen LogP contribution is -2.10. The Bertz CT molecular complexity index is 1270. The van der Waals surface area contributed by atoms with Crippen LogP contribution >= 0.6 is 15.9 Å². The first-order valence-electron chi connectivity index (χ1n) is 9.40. The van der Waals surface area contributed by atoms with E-state index in [1.165, 1.54) is 0 Å². The lowest BCUT2D eigenvalue weighted by atomic mass is 10.00. The van der Waals surface area contributed by atoms with E-state index < -0.39 is 12.0 Å². The smallest absolute Gasteiger partial charge is 0.248 e. The maximum atomic E-state index is 11.4. The number of hydrogen-bond donors (Lipinski definition) is 3. The van der Waals surface area contributed by atoms with Gasteiger partial charge < -0.3 is 25.3 Å². The van der Waals surface area contributed by atoms with Gasteiger partial charge in [-0.05, 0) is 57.4 Å². The van der Waals surface area contributed by atoms with Gasteiger partial charge in [0.05, 0.1) is 29.7 Å². The molecule has 3 aromatic carbocycles. The van der Waals surface area contributed by atoms with Crippen LogP contribution in [0.15, 0.2) is 59.1 Å². The van der Waals surface area contributed by atoms with Gasteiger partial charge in [0, 0.05) is 11.1 Å². The molecule has 0 spiro atoms. The Labute approximate surface area is 187 Å². The molecule has 4 aromatic rings. The highest BCUT2D eigenvalue weighted by molar-refractivity contribution is 9.10. The molecule has 31 heavy (non-hydrogen) atoms. The molecule has 0 bridgehead atoms. The summed E-state index contributed by atoms with van der Waals surface area (Å²) in [6.07, 6.45) is -0.848. The summed E-state index contributed by atoms with van der Waals surface area (Å²) in [5.74, 6) is 1.27. The van der Waals surface area contributed by atoms with Gasteiger partial charge in [0.1, 0.15) is 11.9 Å². The average Bonchev–Trinajstić information content (AvgIpc) is 3.21. The maximum absolute atomic E-state index is 11.4. The molecule has 0 aliphatic carbocycles. The number of halogens is 1. The number of imidazole rings is 1. The Morgan fingerprint density at radius 1 is 1.06 bits per heavy atom. The molecule has 7 nitrogen and oxygen atoms in total. The fraction of sp³-hybridized carbons (Fsp3) is 0.130. The molecule has 1 unspecified atom stereocenters. The molecular formula is C23H20BrN3O4. The van der Waals surface area contributed by atoms with E-state index in [0.29, 0.717) is 32.9 Å². The summed E-state index contributed by atoms with van der Waals surface area (Å²) in [6.45, 7) is 0. The van der Waals surface area contributed by atoms with Crippen LogP contribution in [0.25, 0.3) is 22.4 Å². The maximum Gasteiger partial charge on any atom is 0.248 e. The van der Waals surface area contributed by atoms with Crippen LogP contribution in [0.5, 0.6) is 11.5 Å². The molecule has 0 fully saturated rings. The van der Waals surface area contributed by atoms with E-state index in [1.54, 1.807) is 44.6 Å². The van der Waals surface area contributed by atoms with Crippen LogP contribution in [0, 0.1) is 0 Å². The first kappa shape index (κ1) is 20.9. The molecule has 8 heteroatoms. The van der Waals surface area contributed by atoms with Crippen molar-refractivity contribution in [1.82, 2.24) is 9.97 Å². The molecule has 1 amide bonds. The molecule has 4 N–H and O–H groups in total. The number of methoxy groups -OCH3 is 2. The molecule has 1 atom stereocenters. The van der Waals surface area contributed by atoms with Gasteiger partial charge in [-0.2, -0.15) is 0 Å². The van der Waals surface area contributed by atoms with Gasteiger partial charge in [-0.3, -0.25) is 4.79 Å². The zero-order chi connectivity index (χ0) is 22.1. The van der Waals surface area contributed by atoms with E-state index in [0.717, 1.165) is 22.2 Å². The number of aliphatic hydroxyl groups is 1. The van der Waals surface area contributed by atoms with E-state index in [1.807, 2.05) is 24.3 Å². The highest BCUT2D eigenvalue weighted by Gasteiger charge is 2.17. The predicted molar refractivity (Wildman–Crippen MR) is 121 cm³/mol. The number of rotatable bonds is 6. The summed E-state index contributed by atoms with van der Waals surface area (Å²) in [5, 5.41) is 10.9. The molecule has 0 saturated carbocycles. The highest BCUT2D eigenvalue weighted by atomic mass is 79.9. The summed E-state index contributed by atoms with van der Waals surface area (Å²) in [4.78, 5) is 19.2. The summed E-state index contributed by atoms with van der Waals surface area (Å²) in [7, 11) is 3.11. The molecule has 4 rings (SSSR count). The monoisotopic (exact) mass is 481 g/mol. The van der Waals surface area contributed by atoms with Crippen molar-refractivity contribution in [2.75, 3.05) is 14.2 Å². The number of nitrogens with one attached hydrogen (secondary N) is 1. The number of hydrogen-bond acceptors (Lipinski definition) is 5. The normalized spacial score (nSPS) is 12.0. The minimum absolute atomic E-state index is 0.419. The number of amides is 1. The number of aromatic amines is 1. The third-order valence-electron chi connectivity index (χ3n) is 5.04. The number of fused-ring (bicyclic) bond motifs is 1. The summed E-state index contributed by atoms with van der Waals surface area (Å²) in [5.41, 5.74) is 9.46. The number of carbonyl (C=O) groups excluding carboxylic acids is 1. The van der Waals surface area contributed by atoms with Crippen LogP contribution in [-0.4, -0.2) is 35.2 Å². The third kappa shape index (κ3) is 3.99. The fourth-order valence-electron chi connectivity index (χ4n) is 3.41. The summed E-state index contributed by atoms with van der Waals surface area (Å²) in [6, 6.07) is 16.1. The van der Waals surface area contributed by atoms with Gasteiger partial charge in [0.2, 0.25) is 5.91 Å². The standard InChI is InChI=1S/C23H20BrN3O4/c1-30-19-11-15(9-16(24)21(19)31-2)20(28)12-3-5-13(6-4-12)23-26-17-8-7-14(22(25)29)10-18(17)27-23/h3-11,20,28H,1-2H3,(H2,25,29)(H,26,27). The van der Waals surface area contributed by atoms with Gasteiger partial charge >= 0.3 is 0 Å². The predicted octanol–water partition coefficient (Wildman–Crippen LogP) is 4.19. The van der Waals surface area contributed by atoms with E-state index in [2.05, 4.69) is 25.9 Å². The van der Waals surface area contributed by atoms with E-state index in [-0.39, 0.29) is 0 Å². The van der Waals surface area contributed by atoms with E-state index in [4.69, 9.17) is 15.2 Å². The number of nitrogens with two attached hydrogens (primary N) is 1. The fourth-order valence-corrected chi connectivity index (χ4v) is 4.03. The van der Waals surface area contributed by atoms with Crippen molar-refractivity contribution in [3.05, 3.63) is 75.8 Å². The molecule has 1 aromatic heterocycles. The molecule has 158 valence electrons. The second-order valence-corrected chi connectivity index (χ2v) is 7.80. The Hall–Kier alpha value is -3.36. The van der Waals surface area contributed by atoms with E-state index >= 15 is 0 Å². The van der Waals surface area contributed by atoms with Crippen LogP contribution in [0.1, 0.15) is 27.6 Å². The second-order valence-electron chi connectivity index (χ2n) is 6.94. The number of primary amides is 1. The molecule has 0 aliphatic rings. The van der Waals surface area contributed by atoms with Crippen LogP contribution in [0.3, 0.4) is 0 Å². The lowest BCUT2D eigenvalue weighted by molar-refractivity contribution is 0.100. The van der Waals surface area contributed by atoms with Crippen molar-refractivity contribution < 1.29 is 19.4 Å². The number of benzene rings is 3. The number of nitrogens with zero attached hydrogens (tertiary/aromatic N) is 1. The molecular weight excluding hydrogens is 462 g/mol. The third-order valence-corrected chi connectivity index (χ3v) is 5.63. The molecule has 0 saturated heterocycles. The number of ether oxygens (including phenoxy) is 2. The van der Waals surface area contributed by atoms with Crippen LogP contribution in [-0.2, 0) is 0 Å². The van der Waals surface area contributed by atoms with Crippen molar-refractivity contribution in [2.24, 2.45) is 5.73 Å². The van der Waals surface area contributed by atoms with Crippen LogP contribution in [0.2, 0.25) is 0 Å². The minimum atomic E-state index is -0.848. The van der Waals surface area contributed by atoms with Gasteiger partial charge in [0.25, 0.3) is 0 Å². The van der Waals surface area contributed by atoms with E-state index in [9.17, 15) is 9.90 Å². The quantitative estimate of drug-likeness (QED) is 0.382. The zero-order valence-corrected chi connectivity index (χ0v) is 18.4. The van der Waals surface area contributed by atoms with Gasteiger partial charge in [-0.25, -0.2) is 4.98 Å². The van der Waals surface area contributed by atoms with Gasteiger partial charge in [-0.15, -0.1) is 0 Å². The zero-order valence-electron chi connectivity index (χ0n) is 16.8. The molecule has 0 aliphatic heterocycles. The van der Waals surface area contributed by atoms with Crippen molar-refractivity contribution in [2.45, 2.75) is 6.10 Å². The SMILES string of the molecule is COc1cc(C(O)c2ccc(-c3nc4ccc(C(N)=O)cc4[nH]3)cc2)cc(Br)c1OC. The number of aromatic nitrogens is 2. The highest BCUT2D eigenvalue weighted by Crippen LogP contribution is 2.39. The second kappa shape index (κ2) is 8.41.